The van der Waals surface area contributed by atoms with Crippen LogP contribution in [0.15, 0.2) is 59.6 Å². The molecule has 2 aromatic rings. The molecule has 0 heterocycles. The summed E-state index contributed by atoms with van der Waals surface area (Å²) in [6, 6.07) is 17.7. The fourth-order valence-corrected chi connectivity index (χ4v) is 2.75. The predicted octanol–water partition coefficient (Wildman–Crippen LogP) is 3.26. The fourth-order valence-electron chi connectivity index (χ4n) is 2.75. The van der Waals surface area contributed by atoms with Crippen LogP contribution in [0.4, 0.5) is 0 Å². The number of methoxy groups -OCH3 is 1. The Balaban J connectivity index is 0.00000480. The number of guanidine groups is 1. The van der Waals surface area contributed by atoms with E-state index in [0.717, 1.165) is 17.7 Å². The van der Waals surface area contributed by atoms with E-state index in [9.17, 15) is 4.79 Å². The molecule has 0 radical (unpaired) electrons. The van der Waals surface area contributed by atoms with Gasteiger partial charge in [0, 0.05) is 26.7 Å². The number of rotatable bonds is 11. The molecule has 2 aromatic carbocycles. The Morgan fingerprint density at radius 3 is 2.39 bits per heavy atom. The minimum absolute atomic E-state index is 0. The lowest BCUT2D eigenvalue weighted by Crippen LogP contribution is -2.43. The molecular formula is C23H33IN4O3. The molecule has 0 aromatic heterocycles. The summed E-state index contributed by atoms with van der Waals surface area (Å²) in [7, 11) is 3.31. The molecule has 0 aliphatic carbocycles. The monoisotopic (exact) mass is 540 g/mol. The van der Waals surface area contributed by atoms with Gasteiger partial charge in [-0.25, -0.2) is 0 Å². The molecule has 0 saturated carbocycles. The van der Waals surface area contributed by atoms with Gasteiger partial charge in [0.15, 0.2) is 5.96 Å². The van der Waals surface area contributed by atoms with Crippen LogP contribution in [0.3, 0.4) is 0 Å². The average Bonchev–Trinajstić information content (AvgIpc) is 2.80. The van der Waals surface area contributed by atoms with Gasteiger partial charge in [0.25, 0.3) is 0 Å². The van der Waals surface area contributed by atoms with E-state index < -0.39 is 0 Å². The molecule has 1 amide bonds. The third-order valence-corrected chi connectivity index (χ3v) is 4.54. The lowest BCUT2D eigenvalue weighted by Gasteiger charge is -2.15. The topological polar surface area (TPSA) is 84.0 Å². The van der Waals surface area contributed by atoms with E-state index in [1.807, 2.05) is 49.4 Å². The molecule has 0 aliphatic rings. The van der Waals surface area contributed by atoms with Crippen molar-refractivity contribution < 1.29 is 14.3 Å². The number of hydrogen-bond donors (Lipinski definition) is 3. The highest BCUT2D eigenvalue weighted by Crippen LogP contribution is 2.15. The molecule has 7 nitrogen and oxygen atoms in total. The van der Waals surface area contributed by atoms with Crippen LogP contribution in [0.2, 0.25) is 0 Å². The standard InChI is InChI=1S/C23H32N4O3.HI/c1-18(20-8-5-4-6-9-20)30-15-7-14-25-23(24-2)27-17-22(28)26-16-19-10-12-21(29-3)13-11-19;/h4-6,8-13,18H,7,14-17H2,1-3H3,(H,26,28)(H2,24,25,27);1H. The van der Waals surface area contributed by atoms with Gasteiger partial charge in [0.1, 0.15) is 5.75 Å². The number of nitrogens with one attached hydrogen (secondary N) is 3. The van der Waals surface area contributed by atoms with Gasteiger partial charge >= 0.3 is 0 Å². The molecule has 3 N–H and O–H groups in total. The van der Waals surface area contributed by atoms with Crippen LogP contribution >= 0.6 is 24.0 Å². The second-order valence-electron chi connectivity index (χ2n) is 6.75. The number of benzene rings is 2. The largest absolute Gasteiger partial charge is 0.497 e. The first-order valence-electron chi connectivity index (χ1n) is 10.1. The minimum atomic E-state index is -0.103. The lowest BCUT2D eigenvalue weighted by molar-refractivity contribution is -0.120. The fraction of sp³-hybridized carbons (Fsp3) is 0.391. The van der Waals surface area contributed by atoms with Gasteiger partial charge in [-0.15, -0.1) is 24.0 Å². The molecule has 0 saturated heterocycles. The van der Waals surface area contributed by atoms with E-state index in [-0.39, 0.29) is 42.5 Å². The van der Waals surface area contributed by atoms with Gasteiger partial charge in [0.2, 0.25) is 5.91 Å². The van der Waals surface area contributed by atoms with Crippen LogP contribution in [0.1, 0.15) is 30.6 Å². The molecule has 0 aliphatic heterocycles. The number of aliphatic imine (C=N–C) groups is 1. The van der Waals surface area contributed by atoms with E-state index in [2.05, 4.69) is 33.1 Å². The van der Waals surface area contributed by atoms with Crippen LogP contribution in [0.5, 0.6) is 5.75 Å². The van der Waals surface area contributed by atoms with E-state index >= 15 is 0 Å². The van der Waals surface area contributed by atoms with Gasteiger partial charge in [0.05, 0.1) is 19.8 Å². The van der Waals surface area contributed by atoms with Crippen molar-refractivity contribution in [3.63, 3.8) is 0 Å². The summed E-state index contributed by atoms with van der Waals surface area (Å²) < 4.78 is 11.0. The normalized spacial score (nSPS) is 11.8. The molecule has 2 rings (SSSR count). The number of amides is 1. The third kappa shape index (κ3) is 10.5. The van der Waals surface area contributed by atoms with Gasteiger partial charge in [-0.2, -0.15) is 0 Å². The Labute approximate surface area is 202 Å². The zero-order chi connectivity index (χ0) is 21.6. The molecule has 0 spiro atoms. The van der Waals surface area contributed by atoms with Crippen LogP contribution < -0.4 is 20.7 Å². The van der Waals surface area contributed by atoms with Crippen molar-refractivity contribution >= 4 is 35.8 Å². The van der Waals surface area contributed by atoms with Crippen molar-refractivity contribution in [1.82, 2.24) is 16.0 Å². The molecular weight excluding hydrogens is 507 g/mol. The second-order valence-corrected chi connectivity index (χ2v) is 6.75. The minimum Gasteiger partial charge on any atom is -0.497 e. The number of hydrogen-bond acceptors (Lipinski definition) is 4. The first kappa shape index (κ1) is 26.7. The van der Waals surface area contributed by atoms with Crippen LogP contribution in [0, 0.1) is 0 Å². The van der Waals surface area contributed by atoms with Gasteiger partial charge in [-0.3, -0.25) is 9.79 Å². The number of halogens is 1. The van der Waals surface area contributed by atoms with E-state index in [0.29, 0.717) is 25.7 Å². The lowest BCUT2D eigenvalue weighted by atomic mass is 10.1. The molecule has 1 unspecified atom stereocenters. The molecule has 1 atom stereocenters. The smallest absolute Gasteiger partial charge is 0.239 e. The van der Waals surface area contributed by atoms with Crippen LogP contribution in [0.25, 0.3) is 0 Å². The van der Waals surface area contributed by atoms with Crippen molar-refractivity contribution in [2.24, 2.45) is 4.99 Å². The summed E-state index contributed by atoms with van der Waals surface area (Å²) >= 11 is 0. The maximum Gasteiger partial charge on any atom is 0.239 e. The summed E-state index contributed by atoms with van der Waals surface area (Å²) in [5.41, 5.74) is 2.18. The number of carbonyl (C=O) groups excluding carboxylic acids is 1. The zero-order valence-corrected chi connectivity index (χ0v) is 20.7. The maximum atomic E-state index is 12.0. The maximum absolute atomic E-state index is 12.0. The van der Waals surface area contributed by atoms with Crippen molar-refractivity contribution in [2.75, 3.05) is 33.9 Å². The van der Waals surface area contributed by atoms with Gasteiger partial charge in [-0.1, -0.05) is 42.5 Å². The van der Waals surface area contributed by atoms with Crippen molar-refractivity contribution in [1.29, 1.82) is 0 Å². The summed E-state index contributed by atoms with van der Waals surface area (Å²) in [4.78, 5) is 16.2. The Hall–Kier alpha value is -2.33. The van der Waals surface area contributed by atoms with E-state index in [1.165, 1.54) is 5.56 Å². The SMILES string of the molecule is CN=C(NCCCOC(C)c1ccccc1)NCC(=O)NCc1ccc(OC)cc1.I. The van der Waals surface area contributed by atoms with E-state index in [4.69, 9.17) is 9.47 Å². The summed E-state index contributed by atoms with van der Waals surface area (Å²) in [6.45, 7) is 4.01. The highest BCUT2D eigenvalue weighted by atomic mass is 127. The quantitative estimate of drug-likeness (QED) is 0.177. The number of carbonyl (C=O) groups is 1. The molecule has 170 valence electrons. The first-order valence-corrected chi connectivity index (χ1v) is 10.1. The first-order chi connectivity index (χ1) is 14.6. The summed E-state index contributed by atoms with van der Waals surface area (Å²) in [5.74, 6) is 1.28. The number of ether oxygens (including phenoxy) is 2. The Bertz CT molecular complexity index is 785. The third-order valence-electron chi connectivity index (χ3n) is 4.54. The van der Waals surface area contributed by atoms with Gasteiger partial charge < -0.3 is 25.4 Å². The van der Waals surface area contributed by atoms with Crippen molar-refractivity contribution in [3.05, 3.63) is 65.7 Å². The van der Waals surface area contributed by atoms with Crippen LogP contribution in [-0.2, 0) is 16.1 Å². The Kier molecular flexibility index (Phi) is 13.3. The summed E-state index contributed by atoms with van der Waals surface area (Å²) in [6.07, 6.45) is 0.902. The molecule has 0 bridgehead atoms. The van der Waals surface area contributed by atoms with Crippen molar-refractivity contribution in [2.45, 2.75) is 26.0 Å². The molecule has 0 fully saturated rings. The average molecular weight is 540 g/mol. The highest BCUT2D eigenvalue weighted by molar-refractivity contribution is 14.0. The van der Waals surface area contributed by atoms with Crippen molar-refractivity contribution in [3.8, 4) is 5.75 Å². The molecule has 31 heavy (non-hydrogen) atoms. The van der Waals surface area contributed by atoms with Crippen LogP contribution in [-0.4, -0.2) is 45.7 Å². The second kappa shape index (κ2) is 15.5. The summed E-state index contributed by atoms with van der Waals surface area (Å²) in [5, 5.41) is 9.08. The van der Waals surface area contributed by atoms with Gasteiger partial charge in [-0.05, 0) is 36.6 Å². The number of nitrogens with zero attached hydrogens (tertiary/aromatic N) is 1. The Morgan fingerprint density at radius 2 is 1.74 bits per heavy atom. The highest BCUT2D eigenvalue weighted by Gasteiger charge is 2.06. The van der Waals surface area contributed by atoms with E-state index in [1.54, 1.807) is 14.2 Å². The zero-order valence-electron chi connectivity index (χ0n) is 18.4. The molecule has 8 heteroatoms. The predicted molar refractivity (Wildman–Crippen MR) is 135 cm³/mol. The Morgan fingerprint density at radius 1 is 1.03 bits per heavy atom.